The van der Waals surface area contributed by atoms with Gasteiger partial charge in [-0.2, -0.15) is 0 Å². The van der Waals surface area contributed by atoms with E-state index in [0.29, 0.717) is 52.3 Å². The number of hydrogen-bond donors (Lipinski definition) is 1. The molecule has 1 fully saturated rings. The quantitative estimate of drug-likeness (QED) is 0.0693. The van der Waals surface area contributed by atoms with E-state index in [1.54, 1.807) is 0 Å². The van der Waals surface area contributed by atoms with Gasteiger partial charge in [-0.1, -0.05) is 20.5 Å². The Balaban J connectivity index is -0.000000280. The van der Waals surface area contributed by atoms with E-state index in [9.17, 15) is 24.0 Å². The van der Waals surface area contributed by atoms with Gasteiger partial charge in [0, 0.05) is 72.8 Å². The van der Waals surface area contributed by atoms with E-state index in [-0.39, 0.29) is 97.6 Å². The van der Waals surface area contributed by atoms with Crippen molar-refractivity contribution in [3.63, 3.8) is 0 Å². The Bertz CT molecular complexity index is 893. The Kier molecular flexibility index (Phi) is 38.1. The van der Waals surface area contributed by atoms with Crippen molar-refractivity contribution in [1.29, 1.82) is 0 Å². The molecule has 1 saturated heterocycles. The standard InChI is InChI=1S/C20H34NO8.C9H17BN2O3.2CH3.V.W/c1-6-25-11-9-21-18(24)8-7-10-26-20-14(3)13(2)19(28-16(5)23)17(29-20)12-27-15(4)22;1-11(2)4-5-12(8(13)6-10)7-9(14)15-3;;;;/h13-14,17,19-20H,1,6-12H2,2-5H3,(H,21,24);4-7H2,1-3H3;2*1H3;;/q-1;;2*-1;+2;. The van der Waals surface area contributed by atoms with Crippen LogP contribution in [-0.4, -0.2) is 140 Å². The van der Waals surface area contributed by atoms with Crippen molar-refractivity contribution >= 4 is 37.6 Å². The van der Waals surface area contributed by atoms with E-state index >= 15 is 0 Å². The SMILES string of the molecule is [B]CC(=O)N(CCN(C)C)CC(=O)OC.[CH2-]COCCNC(=O)CCCOC1OC(COC(C)=O)C(OC(C)=O)C(C)C1C.[CH3-].[CH3-].[V+2].[W]. The van der Waals surface area contributed by atoms with Gasteiger partial charge < -0.3 is 65.3 Å². The van der Waals surface area contributed by atoms with Crippen molar-refractivity contribution in [2.24, 2.45) is 11.8 Å². The van der Waals surface area contributed by atoms with Crippen LogP contribution in [0.2, 0.25) is 6.32 Å². The Labute approximate surface area is 316 Å². The molecule has 48 heavy (non-hydrogen) atoms. The molecule has 1 aliphatic heterocycles. The molecule has 1 N–H and O–H groups in total. The molecule has 14 nitrogen and oxygen atoms in total. The summed E-state index contributed by atoms with van der Waals surface area (Å²) in [5.41, 5.74) is 0. The maximum atomic E-state index is 11.8. The average Bonchev–Trinajstić information content (AvgIpc) is 2.97. The summed E-state index contributed by atoms with van der Waals surface area (Å²) in [6, 6.07) is 0. The van der Waals surface area contributed by atoms with Gasteiger partial charge in [0.15, 0.2) is 6.29 Å². The van der Waals surface area contributed by atoms with Crippen LogP contribution in [0.15, 0.2) is 0 Å². The summed E-state index contributed by atoms with van der Waals surface area (Å²) >= 11 is 0. The first-order valence-corrected chi connectivity index (χ1v) is 14.7. The van der Waals surface area contributed by atoms with Gasteiger partial charge in [-0.15, -0.1) is 0 Å². The number of likely N-dealkylation sites (N-methyl/N-ethyl adjacent to an activating group) is 1. The molecule has 0 aromatic rings. The smallest absolute Gasteiger partial charge is 0.468 e. The van der Waals surface area contributed by atoms with E-state index in [1.165, 1.54) is 25.9 Å². The molecule has 0 saturated carbocycles. The minimum Gasteiger partial charge on any atom is -0.468 e. The molecule has 5 atom stereocenters. The average molecular weight is 893 g/mol. The van der Waals surface area contributed by atoms with Crippen molar-refractivity contribution in [3.05, 3.63) is 21.8 Å². The largest absolute Gasteiger partial charge is 2.00 e. The number of rotatable bonds is 18. The summed E-state index contributed by atoms with van der Waals surface area (Å²) < 4.78 is 31.8. The monoisotopic (exact) mass is 893 g/mol. The van der Waals surface area contributed by atoms with Crippen LogP contribution in [0.4, 0.5) is 0 Å². The van der Waals surface area contributed by atoms with Gasteiger partial charge >= 0.3 is 36.5 Å². The third-order valence-electron chi connectivity index (χ3n) is 6.64. The molecule has 0 bridgehead atoms. The van der Waals surface area contributed by atoms with Crippen molar-refractivity contribution in [3.8, 4) is 0 Å². The van der Waals surface area contributed by atoms with Crippen molar-refractivity contribution in [1.82, 2.24) is 15.1 Å². The molecule has 3 radical (unpaired) electrons. The van der Waals surface area contributed by atoms with E-state index in [0.717, 1.165) is 0 Å². The molecule has 0 aromatic heterocycles. The Morgan fingerprint density at radius 2 is 1.60 bits per heavy atom. The first kappa shape index (κ1) is 55.9. The van der Waals surface area contributed by atoms with Crippen LogP contribution in [0.3, 0.4) is 0 Å². The Morgan fingerprint density at radius 3 is 2.10 bits per heavy atom. The second-order valence-corrected chi connectivity index (χ2v) is 10.5. The number of ether oxygens (including phenoxy) is 6. The topological polar surface area (TPSA) is 159 Å². The van der Waals surface area contributed by atoms with Crippen molar-refractivity contribution in [2.75, 3.05) is 73.8 Å². The Hall–Kier alpha value is -1.47. The number of hydrogen-bond acceptors (Lipinski definition) is 12. The molecular weight excluding hydrogens is 836 g/mol. The summed E-state index contributed by atoms with van der Waals surface area (Å²) in [7, 11) is 10.3. The van der Waals surface area contributed by atoms with Gasteiger partial charge in [-0.3, -0.25) is 24.0 Å². The number of esters is 3. The van der Waals surface area contributed by atoms with Crippen molar-refractivity contribution < 1.29 is 92.0 Å². The number of nitrogens with one attached hydrogen (secondary N) is 1. The fourth-order valence-corrected chi connectivity index (χ4v) is 4.01. The third-order valence-corrected chi connectivity index (χ3v) is 6.64. The second kappa shape index (κ2) is 32.7. The van der Waals surface area contributed by atoms with Crippen LogP contribution < -0.4 is 5.32 Å². The fraction of sp³-hybridized carbons (Fsp3) is 0.742. The molecule has 2 amide bonds. The predicted molar refractivity (Wildman–Crippen MR) is 174 cm³/mol. The molecule has 1 rings (SSSR count). The summed E-state index contributed by atoms with van der Waals surface area (Å²) in [5.74, 6) is -1.73. The number of carbonyl (C=O) groups excluding carboxylic acids is 5. The van der Waals surface area contributed by atoms with Gasteiger partial charge in [0.05, 0.1) is 28.2 Å². The van der Waals surface area contributed by atoms with E-state index in [4.69, 9.17) is 31.5 Å². The number of carbonyl (C=O) groups is 5. The van der Waals surface area contributed by atoms with Gasteiger partial charge in [0.25, 0.3) is 0 Å². The van der Waals surface area contributed by atoms with Gasteiger partial charge in [0.1, 0.15) is 25.4 Å². The number of nitrogens with zero attached hydrogens (tertiary/aromatic N) is 2. The minimum atomic E-state index is -0.615. The number of amides is 2. The van der Waals surface area contributed by atoms with Crippen LogP contribution >= 0.6 is 0 Å². The first-order chi connectivity index (χ1) is 20.8. The maximum Gasteiger partial charge on any atom is 2.00 e. The normalized spacial score (nSPS) is 19.2. The maximum absolute atomic E-state index is 11.8. The van der Waals surface area contributed by atoms with Crippen LogP contribution in [0.1, 0.15) is 40.5 Å². The molecule has 277 valence electrons. The summed E-state index contributed by atoms with van der Waals surface area (Å²) in [6.07, 6.45) is -0.933. The van der Waals surface area contributed by atoms with Crippen LogP contribution in [0.25, 0.3) is 0 Å². The zero-order chi connectivity index (χ0) is 33.7. The molecule has 0 aliphatic carbocycles. The van der Waals surface area contributed by atoms with Gasteiger partial charge in [0.2, 0.25) is 11.8 Å². The molecule has 0 spiro atoms. The molecule has 17 heteroatoms. The summed E-state index contributed by atoms with van der Waals surface area (Å²) in [5, 5.41) is 2.75. The molecule has 1 aliphatic rings. The Morgan fingerprint density at radius 1 is 0.979 bits per heavy atom. The van der Waals surface area contributed by atoms with Crippen molar-refractivity contribution in [2.45, 2.75) is 65.4 Å². The fourth-order valence-electron chi connectivity index (χ4n) is 4.01. The van der Waals surface area contributed by atoms with Crippen LogP contribution in [-0.2, 0) is 92.0 Å². The predicted octanol–water partition coefficient (Wildman–Crippen LogP) is 1.27. The van der Waals surface area contributed by atoms with E-state index in [2.05, 4.69) is 17.0 Å². The summed E-state index contributed by atoms with van der Waals surface area (Å²) in [4.78, 5) is 60.1. The molecule has 5 unspecified atom stereocenters. The zero-order valence-corrected chi connectivity index (χ0v) is 34.5. The van der Waals surface area contributed by atoms with E-state index < -0.39 is 36.4 Å². The third kappa shape index (κ3) is 25.5. The van der Waals surface area contributed by atoms with E-state index in [1.807, 2.05) is 32.8 Å². The second-order valence-electron chi connectivity index (χ2n) is 10.5. The molecule has 1 heterocycles. The molecule has 0 aromatic carbocycles. The zero-order valence-electron chi connectivity index (χ0n) is 30.2. The number of methoxy groups -OCH3 is 1. The minimum absolute atomic E-state index is 0. The summed E-state index contributed by atoms with van der Waals surface area (Å²) in [6.45, 7) is 12.8. The van der Waals surface area contributed by atoms with Gasteiger partial charge in [-0.25, -0.2) is 0 Å². The first-order valence-electron chi connectivity index (χ1n) is 14.7. The van der Waals surface area contributed by atoms with Gasteiger partial charge in [-0.05, 0) is 26.8 Å². The van der Waals surface area contributed by atoms with Crippen LogP contribution in [0, 0.1) is 33.6 Å². The molecular formula is C31H57BN3O11VW-. The van der Waals surface area contributed by atoms with Crippen LogP contribution in [0.5, 0.6) is 0 Å².